The highest BCUT2D eigenvalue weighted by atomic mass is 16.8. The molecule has 1 atom stereocenters. The summed E-state index contributed by atoms with van der Waals surface area (Å²) in [6.07, 6.45) is 10.8. The molecule has 176 valence electrons. The number of aryl methyl sites for hydroxylation is 1. The second-order valence-electron chi connectivity index (χ2n) is 9.55. The van der Waals surface area contributed by atoms with E-state index in [0.717, 1.165) is 44.1 Å². The van der Waals surface area contributed by atoms with E-state index in [9.17, 15) is 9.59 Å². The van der Waals surface area contributed by atoms with Crippen LogP contribution in [0.4, 0.5) is 0 Å². The molecule has 1 N–H and O–H groups in total. The van der Waals surface area contributed by atoms with Gasteiger partial charge in [0.05, 0.1) is 12.0 Å². The summed E-state index contributed by atoms with van der Waals surface area (Å²) in [7, 11) is 0. The van der Waals surface area contributed by atoms with Gasteiger partial charge in [-0.2, -0.15) is 0 Å². The third kappa shape index (κ3) is 7.75. The molecule has 32 heavy (non-hydrogen) atoms. The van der Waals surface area contributed by atoms with Gasteiger partial charge in [0.15, 0.2) is 6.29 Å². The standard InChI is InChI=1S/C26H37NO5/c1-19(2)18-30-20(3)32-27-24(28)13-12-21-8-10-22(11-9-21)14-15-26(16-17-26)25(29)31-23-6-4-5-7-23/h8-13,19-20,23H,4-7,14-18H2,1-3H3,(H,27,28)/b13-12+. The molecule has 1 unspecified atom stereocenters. The van der Waals surface area contributed by atoms with Crippen LogP contribution in [0.2, 0.25) is 0 Å². The zero-order chi connectivity index (χ0) is 23.0. The Labute approximate surface area is 191 Å². The number of hydroxylamine groups is 1. The SMILES string of the molecule is CC(C)COC(C)ONC(=O)/C=C/c1ccc(CCC2(C(=O)OC3CCCC3)CC2)cc1. The maximum Gasteiger partial charge on any atom is 0.312 e. The van der Waals surface area contributed by atoms with Crippen LogP contribution >= 0.6 is 0 Å². The van der Waals surface area contributed by atoms with Gasteiger partial charge in [0, 0.05) is 6.08 Å². The van der Waals surface area contributed by atoms with Gasteiger partial charge in [0.2, 0.25) is 0 Å². The maximum atomic E-state index is 12.6. The van der Waals surface area contributed by atoms with E-state index in [2.05, 4.69) is 19.3 Å². The number of carbonyl (C=O) groups excluding carboxylic acids is 2. The van der Waals surface area contributed by atoms with Gasteiger partial charge < -0.3 is 9.47 Å². The number of hydrogen-bond acceptors (Lipinski definition) is 5. The average Bonchev–Trinajstić information content (AvgIpc) is 3.41. The van der Waals surface area contributed by atoms with Crippen LogP contribution in [0.25, 0.3) is 6.08 Å². The van der Waals surface area contributed by atoms with E-state index in [1.807, 2.05) is 24.3 Å². The zero-order valence-electron chi connectivity index (χ0n) is 19.6. The smallest absolute Gasteiger partial charge is 0.312 e. The molecule has 2 aliphatic rings. The molecule has 0 bridgehead atoms. The number of carbonyl (C=O) groups is 2. The highest BCUT2D eigenvalue weighted by molar-refractivity contribution is 5.90. The first-order chi connectivity index (χ1) is 15.4. The summed E-state index contributed by atoms with van der Waals surface area (Å²) in [6, 6.07) is 8.05. The van der Waals surface area contributed by atoms with Crippen molar-refractivity contribution in [2.45, 2.75) is 84.5 Å². The van der Waals surface area contributed by atoms with E-state index < -0.39 is 6.29 Å². The van der Waals surface area contributed by atoms with Gasteiger partial charge in [-0.15, -0.1) is 0 Å². The van der Waals surface area contributed by atoms with Crippen LogP contribution in [-0.4, -0.2) is 30.9 Å². The molecule has 6 heteroatoms. The molecule has 1 amide bonds. The summed E-state index contributed by atoms with van der Waals surface area (Å²) in [5, 5.41) is 0. The molecular formula is C26H37NO5. The largest absolute Gasteiger partial charge is 0.462 e. The number of esters is 1. The van der Waals surface area contributed by atoms with Crippen LogP contribution in [0.1, 0.15) is 76.8 Å². The molecule has 1 aromatic rings. The van der Waals surface area contributed by atoms with Crippen molar-refractivity contribution in [2.24, 2.45) is 11.3 Å². The van der Waals surface area contributed by atoms with E-state index in [-0.39, 0.29) is 23.4 Å². The molecule has 0 radical (unpaired) electrons. The Morgan fingerprint density at radius 3 is 2.44 bits per heavy atom. The van der Waals surface area contributed by atoms with Crippen LogP contribution in [0.3, 0.4) is 0 Å². The quantitative estimate of drug-likeness (QED) is 0.214. The lowest BCUT2D eigenvalue weighted by atomic mass is 9.96. The molecule has 0 spiro atoms. The fourth-order valence-corrected chi connectivity index (χ4v) is 3.88. The van der Waals surface area contributed by atoms with E-state index in [0.29, 0.717) is 12.5 Å². The molecule has 6 nitrogen and oxygen atoms in total. The van der Waals surface area contributed by atoms with E-state index in [1.54, 1.807) is 13.0 Å². The molecule has 2 saturated carbocycles. The molecule has 2 fully saturated rings. The first-order valence-electron chi connectivity index (χ1n) is 11.9. The second-order valence-corrected chi connectivity index (χ2v) is 9.55. The molecule has 0 aliphatic heterocycles. The monoisotopic (exact) mass is 443 g/mol. The molecule has 0 saturated heterocycles. The zero-order valence-corrected chi connectivity index (χ0v) is 19.6. The lowest BCUT2D eigenvalue weighted by Gasteiger charge is -2.18. The van der Waals surface area contributed by atoms with Gasteiger partial charge in [0.25, 0.3) is 5.91 Å². The van der Waals surface area contributed by atoms with Gasteiger partial charge in [0.1, 0.15) is 6.10 Å². The van der Waals surface area contributed by atoms with Crippen LogP contribution in [0, 0.1) is 11.3 Å². The van der Waals surface area contributed by atoms with Crippen molar-refractivity contribution in [1.82, 2.24) is 5.48 Å². The number of amides is 1. The Morgan fingerprint density at radius 1 is 1.12 bits per heavy atom. The van der Waals surface area contributed by atoms with Crippen molar-refractivity contribution in [1.29, 1.82) is 0 Å². The van der Waals surface area contributed by atoms with Crippen LogP contribution in [0.5, 0.6) is 0 Å². The van der Waals surface area contributed by atoms with Crippen molar-refractivity contribution in [2.75, 3.05) is 6.61 Å². The number of nitrogens with one attached hydrogen (secondary N) is 1. The Balaban J connectivity index is 1.39. The molecule has 3 rings (SSSR count). The van der Waals surface area contributed by atoms with E-state index in [1.165, 1.54) is 24.5 Å². The molecule has 0 aromatic heterocycles. The fraction of sp³-hybridized carbons (Fsp3) is 0.615. The molecule has 1 aromatic carbocycles. The Bertz CT molecular complexity index is 776. The third-order valence-corrected chi connectivity index (χ3v) is 6.15. The summed E-state index contributed by atoms with van der Waals surface area (Å²) >= 11 is 0. The van der Waals surface area contributed by atoms with Crippen molar-refractivity contribution in [3.05, 3.63) is 41.5 Å². The Kier molecular flexibility index (Phi) is 8.88. The minimum absolute atomic E-state index is 0.0149. The lowest BCUT2D eigenvalue weighted by molar-refractivity contribution is -0.180. The van der Waals surface area contributed by atoms with Crippen LogP contribution in [-0.2, 0) is 30.3 Å². The topological polar surface area (TPSA) is 73.9 Å². The Hall–Kier alpha value is -2.18. The van der Waals surface area contributed by atoms with Crippen LogP contribution in [0.15, 0.2) is 30.3 Å². The van der Waals surface area contributed by atoms with E-state index >= 15 is 0 Å². The summed E-state index contributed by atoms with van der Waals surface area (Å²) in [5.41, 5.74) is 4.23. The number of rotatable bonds is 12. The van der Waals surface area contributed by atoms with Gasteiger partial charge in [-0.3, -0.25) is 9.59 Å². The number of benzene rings is 1. The van der Waals surface area contributed by atoms with Gasteiger partial charge in [-0.1, -0.05) is 38.1 Å². The van der Waals surface area contributed by atoms with Gasteiger partial charge in [-0.05, 0) is 81.4 Å². The molecule has 0 heterocycles. The van der Waals surface area contributed by atoms with E-state index in [4.69, 9.17) is 14.3 Å². The molecule has 2 aliphatic carbocycles. The van der Waals surface area contributed by atoms with Crippen molar-refractivity contribution >= 4 is 18.0 Å². The Morgan fingerprint density at radius 2 is 1.81 bits per heavy atom. The summed E-state index contributed by atoms with van der Waals surface area (Å²) < 4.78 is 11.2. The highest BCUT2D eigenvalue weighted by Gasteiger charge is 2.51. The predicted molar refractivity (Wildman–Crippen MR) is 123 cm³/mol. The average molecular weight is 444 g/mol. The highest BCUT2D eigenvalue weighted by Crippen LogP contribution is 2.51. The van der Waals surface area contributed by atoms with Crippen molar-refractivity contribution in [3.8, 4) is 0 Å². The lowest BCUT2D eigenvalue weighted by Crippen LogP contribution is -2.29. The number of ether oxygens (including phenoxy) is 2. The maximum absolute atomic E-state index is 12.6. The second kappa shape index (κ2) is 11.6. The minimum Gasteiger partial charge on any atom is -0.462 e. The number of hydrogen-bond donors (Lipinski definition) is 1. The first-order valence-corrected chi connectivity index (χ1v) is 11.9. The normalized spacial score (nSPS) is 18.8. The third-order valence-electron chi connectivity index (χ3n) is 6.15. The van der Waals surface area contributed by atoms with Crippen molar-refractivity contribution in [3.63, 3.8) is 0 Å². The van der Waals surface area contributed by atoms with Gasteiger partial charge >= 0.3 is 5.97 Å². The minimum atomic E-state index is -0.501. The molecular weight excluding hydrogens is 406 g/mol. The van der Waals surface area contributed by atoms with Crippen LogP contribution < -0.4 is 5.48 Å². The van der Waals surface area contributed by atoms with Crippen molar-refractivity contribution < 1.29 is 23.9 Å². The summed E-state index contributed by atoms with van der Waals surface area (Å²) in [6.45, 7) is 6.41. The summed E-state index contributed by atoms with van der Waals surface area (Å²) in [4.78, 5) is 29.7. The van der Waals surface area contributed by atoms with Gasteiger partial charge in [-0.25, -0.2) is 10.3 Å². The predicted octanol–water partition coefficient (Wildman–Crippen LogP) is 4.96. The first kappa shape index (κ1) is 24.5. The summed E-state index contributed by atoms with van der Waals surface area (Å²) in [5.74, 6) is 0.0757. The fourth-order valence-electron chi connectivity index (χ4n) is 3.88.